The van der Waals surface area contributed by atoms with E-state index >= 15 is 0 Å². The second-order valence-corrected chi connectivity index (χ2v) is 6.08. The highest BCUT2D eigenvalue weighted by atomic mass is 16.6. The number of hydrogen-bond donors (Lipinski definition) is 2. The van der Waals surface area contributed by atoms with Crippen molar-refractivity contribution < 1.29 is 29.4 Å². The first-order chi connectivity index (χ1) is 11.4. The van der Waals surface area contributed by atoms with Crippen molar-refractivity contribution in [3.63, 3.8) is 0 Å². The monoisotopic (exact) mass is 334 g/mol. The molecule has 0 atom stereocenters. The number of likely N-dealkylation sites (N-methyl/N-ethyl adjacent to an activating group) is 1. The van der Waals surface area contributed by atoms with Gasteiger partial charge in [0.15, 0.2) is 0 Å². The smallest absolute Gasteiger partial charge is 0.403 e. The molecule has 1 aromatic heterocycles. The van der Waals surface area contributed by atoms with Gasteiger partial charge in [-0.2, -0.15) is 0 Å². The maximum absolute atomic E-state index is 12.4. The van der Waals surface area contributed by atoms with Gasteiger partial charge in [-0.15, -0.1) is 0 Å². The van der Waals surface area contributed by atoms with Gasteiger partial charge in [0, 0.05) is 55.6 Å². The van der Waals surface area contributed by atoms with Gasteiger partial charge in [-0.3, -0.25) is 10.4 Å². The largest absolute Gasteiger partial charge is 0.415 e. The lowest BCUT2D eigenvalue weighted by atomic mass is 10.2. The number of carbonyl (C=O) groups is 1. The van der Waals surface area contributed by atoms with E-state index in [1.807, 2.05) is 7.05 Å². The number of rotatable bonds is 1. The zero-order valence-corrected chi connectivity index (χ0v) is 14.1. The highest BCUT2D eigenvalue weighted by molar-refractivity contribution is 5.80. The van der Waals surface area contributed by atoms with Gasteiger partial charge in [0.1, 0.15) is 0 Å². The van der Waals surface area contributed by atoms with Crippen molar-refractivity contribution in [1.29, 1.82) is 0 Å². The van der Waals surface area contributed by atoms with Gasteiger partial charge >= 0.3 is 28.5 Å². The van der Waals surface area contributed by atoms with Crippen LogP contribution in [0.2, 0.25) is 0 Å². The Bertz CT molecular complexity index is 800. The van der Waals surface area contributed by atoms with Crippen molar-refractivity contribution in [3.05, 3.63) is 29.6 Å². The van der Waals surface area contributed by atoms with E-state index < -0.39 is 6.09 Å². The molecule has 8 heteroatoms. The first-order valence-electron chi connectivity index (χ1n) is 7.84. The number of hydrogen-bond acceptors (Lipinski definition) is 5. The Kier molecular flexibility index (Phi) is 4.15. The third-order valence-corrected chi connectivity index (χ3v) is 4.54. The molecular weight excluding hydrogens is 312 g/mol. The summed E-state index contributed by atoms with van der Waals surface area (Å²) in [5, 5.41) is 20.6. The van der Waals surface area contributed by atoms with E-state index in [1.165, 1.54) is 0 Å². The third kappa shape index (κ3) is 2.69. The Hall–Kier alpha value is -2.61. The van der Waals surface area contributed by atoms with Gasteiger partial charge in [0.2, 0.25) is 5.75 Å². The Morgan fingerprint density at radius 1 is 1.08 bits per heavy atom. The lowest BCUT2D eigenvalue weighted by molar-refractivity contribution is -0.926. The quantitative estimate of drug-likeness (QED) is 0.577. The first-order valence-corrected chi connectivity index (χ1v) is 7.84. The molecule has 2 N–H and O–H groups in total. The molecule has 1 amide bonds. The van der Waals surface area contributed by atoms with Crippen LogP contribution in [0, 0.1) is 13.8 Å². The van der Waals surface area contributed by atoms with Crippen LogP contribution in [0.15, 0.2) is 18.2 Å². The summed E-state index contributed by atoms with van der Waals surface area (Å²) >= 11 is 0. The fourth-order valence-electron chi connectivity index (χ4n) is 2.78. The number of nitrogens with zero attached hydrogens (tertiary/aromatic N) is 4. The van der Waals surface area contributed by atoms with Gasteiger partial charge in [0.25, 0.3) is 0 Å². The maximum atomic E-state index is 12.4. The summed E-state index contributed by atoms with van der Waals surface area (Å²) in [5.74, 6) is 0.199. The minimum atomic E-state index is -0.460. The van der Waals surface area contributed by atoms with Crippen molar-refractivity contribution in [2.24, 2.45) is 0 Å². The molecule has 0 aliphatic carbocycles. The molecule has 0 unspecified atom stereocenters. The Balaban J connectivity index is 1.97. The fourth-order valence-corrected chi connectivity index (χ4v) is 2.78. The standard InChI is InChI=1S/C16H22N4O4/c1-11-12(2)20(23)15-13(19(11)22)5-4-6-14(15)24-16(21)18-9-7-17(3)8-10-18/h4-6,22-23H,7-10H2,1-3H3/q+2. The van der Waals surface area contributed by atoms with Crippen molar-refractivity contribution in [1.82, 2.24) is 9.80 Å². The number of fused-ring (bicyclic) bond motifs is 1. The molecule has 1 aromatic carbocycles. The molecule has 0 saturated carbocycles. The van der Waals surface area contributed by atoms with Crippen molar-refractivity contribution in [3.8, 4) is 5.75 Å². The molecular formula is C16H22N4O4+2. The normalized spacial score (nSPS) is 15.7. The molecule has 1 aliphatic rings. The minimum Gasteiger partial charge on any atom is -0.403 e. The van der Waals surface area contributed by atoms with E-state index in [9.17, 15) is 15.2 Å². The number of aromatic nitrogens is 2. The second-order valence-electron chi connectivity index (χ2n) is 6.08. The number of amides is 1. The molecule has 128 valence electrons. The van der Waals surface area contributed by atoms with Crippen LogP contribution in [0.1, 0.15) is 11.4 Å². The van der Waals surface area contributed by atoms with Crippen LogP contribution in [0.3, 0.4) is 0 Å². The third-order valence-electron chi connectivity index (χ3n) is 4.54. The summed E-state index contributed by atoms with van der Waals surface area (Å²) < 4.78 is 7.41. The van der Waals surface area contributed by atoms with Crippen LogP contribution in [0.5, 0.6) is 5.75 Å². The Morgan fingerprint density at radius 2 is 1.71 bits per heavy atom. The van der Waals surface area contributed by atoms with Gasteiger partial charge in [-0.05, 0) is 13.1 Å². The topological polar surface area (TPSA) is 81.0 Å². The molecule has 2 aromatic rings. The van der Waals surface area contributed by atoms with E-state index in [0.29, 0.717) is 30.0 Å². The summed E-state index contributed by atoms with van der Waals surface area (Å²) in [4.78, 5) is 16.2. The number of piperazine rings is 1. The first kappa shape index (κ1) is 16.3. The predicted molar refractivity (Wildman–Crippen MR) is 83.3 cm³/mol. The van der Waals surface area contributed by atoms with Crippen LogP contribution < -0.4 is 14.2 Å². The van der Waals surface area contributed by atoms with Crippen LogP contribution >= 0.6 is 0 Å². The van der Waals surface area contributed by atoms with E-state index in [0.717, 1.165) is 22.6 Å². The van der Waals surface area contributed by atoms with Gasteiger partial charge in [-0.25, -0.2) is 4.79 Å². The van der Waals surface area contributed by atoms with E-state index in [2.05, 4.69) is 4.90 Å². The zero-order chi connectivity index (χ0) is 17.4. The molecule has 0 bridgehead atoms. The Labute approximate surface area is 139 Å². The summed E-state index contributed by atoms with van der Waals surface area (Å²) in [6.07, 6.45) is -0.460. The van der Waals surface area contributed by atoms with Gasteiger partial charge in [0.05, 0.1) is 0 Å². The fraction of sp³-hybridized carbons (Fsp3) is 0.438. The van der Waals surface area contributed by atoms with Crippen LogP contribution in [-0.4, -0.2) is 59.5 Å². The lowest BCUT2D eigenvalue weighted by Gasteiger charge is -2.31. The highest BCUT2D eigenvalue weighted by Crippen LogP contribution is 2.22. The summed E-state index contributed by atoms with van der Waals surface area (Å²) in [5.41, 5.74) is 1.54. The lowest BCUT2D eigenvalue weighted by Crippen LogP contribution is -2.49. The van der Waals surface area contributed by atoms with Crippen molar-refractivity contribution >= 4 is 17.1 Å². The maximum Gasteiger partial charge on any atom is 0.415 e. The van der Waals surface area contributed by atoms with Crippen molar-refractivity contribution in [2.45, 2.75) is 13.8 Å². The van der Waals surface area contributed by atoms with Crippen LogP contribution in [0.4, 0.5) is 4.79 Å². The average molecular weight is 334 g/mol. The van der Waals surface area contributed by atoms with Crippen molar-refractivity contribution in [2.75, 3.05) is 33.2 Å². The van der Waals surface area contributed by atoms with E-state index in [-0.39, 0.29) is 11.3 Å². The molecule has 1 aliphatic heterocycles. The molecule has 2 heterocycles. The number of carbonyl (C=O) groups excluding carboxylic acids is 1. The van der Waals surface area contributed by atoms with Crippen LogP contribution in [0.25, 0.3) is 11.0 Å². The molecule has 3 rings (SSSR count). The highest BCUT2D eigenvalue weighted by Gasteiger charge is 2.33. The second kappa shape index (κ2) is 6.12. The minimum absolute atomic E-state index is 0.199. The summed E-state index contributed by atoms with van der Waals surface area (Å²) in [7, 11) is 2.01. The Morgan fingerprint density at radius 3 is 2.38 bits per heavy atom. The van der Waals surface area contributed by atoms with E-state index in [1.54, 1.807) is 36.9 Å². The molecule has 8 nitrogen and oxygen atoms in total. The summed E-state index contributed by atoms with van der Waals surface area (Å²) in [6.45, 7) is 6.12. The predicted octanol–water partition coefficient (Wildman–Crippen LogP) is 0.252. The average Bonchev–Trinajstić information content (AvgIpc) is 2.58. The number of para-hydroxylation sites is 1. The molecule has 0 radical (unpaired) electrons. The summed E-state index contributed by atoms with van der Waals surface area (Å²) in [6, 6.07) is 4.90. The SMILES string of the molecule is Cc1c(C)[n+](O)c2c(OC(=O)N3CCN(C)CC3)cccc2[n+]1O. The van der Waals surface area contributed by atoms with Gasteiger partial charge < -0.3 is 14.5 Å². The molecule has 1 saturated heterocycles. The molecule has 24 heavy (non-hydrogen) atoms. The number of benzene rings is 1. The van der Waals surface area contributed by atoms with Crippen LogP contribution in [-0.2, 0) is 0 Å². The van der Waals surface area contributed by atoms with Gasteiger partial charge in [-0.1, -0.05) is 6.07 Å². The number of ether oxygens (including phenoxy) is 1. The zero-order valence-electron chi connectivity index (χ0n) is 14.1. The molecule has 0 spiro atoms. The van der Waals surface area contributed by atoms with E-state index in [4.69, 9.17) is 4.74 Å². The molecule has 1 fully saturated rings.